The van der Waals surface area contributed by atoms with E-state index in [1.807, 2.05) is 0 Å². The molecule has 0 fully saturated rings. The number of rotatable bonds is 4. The minimum Gasteiger partial charge on any atom is -0.318 e. The van der Waals surface area contributed by atoms with E-state index >= 15 is 0 Å². The Morgan fingerprint density at radius 1 is 0.947 bits per heavy atom. The van der Waals surface area contributed by atoms with Gasteiger partial charge in [-0.2, -0.15) is 0 Å². The molecule has 0 amide bonds. The summed E-state index contributed by atoms with van der Waals surface area (Å²) in [5.74, 6) is 1.01. The van der Waals surface area contributed by atoms with Crippen molar-refractivity contribution in [1.29, 1.82) is 0 Å². The number of thiazole rings is 1. The highest BCUT2D eigenvalue weighted by Gasteiger charge is 2.14. The molecule has 0 aliphatic carbocycles. The zero-order valence-electron chi connectivity index (χ0n) is 12.1. The van der Waals surface area contributed by atoms with Crippen LogP contribution in [-0.2, 0) is 0 Å². The lowest BCUT2D eigenvalue weighted by atomic mass is 9.99. The topological polar surface area (TPSA) is 38.9 Å². The van der Waals surface area contributed by atoms with E-state index in [1.54, 1.807) is 11.3 Å². The van der Waals surface area contributed by atoms with Crippen molar-refractivity contribution in [3.05, 3.63) is 51.5 Å². The molecular formula is C16H22N2S. The van der Waals surface area contributed by atoms with Gasteiger partial charge in [0.1, 0.15) is 5.01 Å². The summed E-state index contributed by atoms with van der Waals surface area (Å²) < 4.78 is 0. The highest BCUT2D eigenvalue weighted by Crippen LogP contribution is 2.26. The van der Waals surface area contributed by atoms with Gasteiger partial charge in [-0.3, -0.25) is 0 Å². The second-order valence-electron chi connectivity index (χ2n) is 5.56. The quantitative estimate of drug-likeness (QED) is 0.895. The fourth-order valence-electron chi connectivity index (χ4n) is 1.94. The molecule has 0 aliphatic heterocycles. The summed E-state index contributed by atoms with van der Waals surface area (Å²) in [4.78, 5) is 4.64. The van der Waals surface area contributed by atoms with Crippen molar-refractivity contribution in [2.75, 3.05) is 0 Å². The number of nitrogens with two attached hydrogens (primary N) is 1. The van der Waals surface area contributed by atoms with Crippen molar-refractivity contribution in [2.24, 2.45) is 5.73 Å². The highest BCUT2D eigenvalue weighted by molar-refractivity contribution is 7.09. The zero-order chi connectivity index (χ0) is 14.0. The van der Waals surface area contributed by atoms with Crippen LogP contribution < -0.4 is 5.73 Å². The van der Waals surface area contributed by atoms with E-state index in [9.17, 15) is 0 Å². The van der Waals surface area contributed by atoms with Crippen molar-refractivity contribution >= 4 is 11.3 Å². The van der Waals surface area contributed by atoms with Crippen LogP contribution in [-0.4, -0.2) is 4.98 Å². The Bertz CT molecular complexity index is 526. The van der Waals surface area contributed by atoms with E-state index in [2.05, 4.69) is 62.3 Å². The monoisotopic (exact) mass is 274 g/mol. The Hall–Kier alpha value is -1.19. The molecule has 0 radical (unpaired) electrons. The molecule has 1 aromatic carbocycles. The summed E-state index contributed by atoms with van der Waals surface area (Å²) in [6.45, 7) is 8.71. The first kappa shape index (κ1) is 14.2. The van der Waals surface area contributed by atoms with Crippen LogP contribution in [0.3, 0.4) is 0 Å². The number of benzene rings is 1. The predicted octanol–water partition coefficient (Wildman–Crippen LogP) is 4.44. The maximum atomic E-state index is 6.30. The summed E-state index contributed by atoms with van der Waals surface area (Å²) in [5, 5.41) is 3.11. The van der Waals surface area contributed by atoms with E-state index in [1.165, 1.54) is 5.56 Å². The Morgan fingerprint density at radius 2 is 1.53 bits per heavy atom. The van der Waals surface area contributed by atoms with Gasteiger partial charge in [0.05, 0.1) is 11.7 Å². The van der Waals surface area contributed by atoms with E-state index < -0.39 is 0 Å². The average Bonchev–Trinajstić information content (AvgIpc) is 2.87. The molecule has 0 spiro atoms. The molecule has 102 valence electrons. The Kier molecular flexibility index (Phi) is 4.38. The van der Waals surface area contributed by atoms with Crippen LogP contribution in [0.5, 0.6) is 0 Å². The summed E-state index contributed by atoms with van der Waals surface area (Å²) in [7, 11) is 0. The largest absolute Gasteiger partial charge is 0.318 e. The van der Waals surface area contributed by atoms with Crippen molar-refractivity contribution in [3.63, 3.8) is 0 Å². The normalized spacial score (nSPS) is 13.2. The number of hydrogen-bond donors (Lipinski definition) is 1. The third kappa shape index (κ3) is 3.23. The summed E-state index contributed by atoms with van der Waals surface area (Å²) >= 11 is 1.66. The van der Waals surface area contributed by atoms with Crippen LogP contribution >= 0.6 is 11.3 Å². The van der Waals surface area contributed by atoms with Crippen LogP contribution in [0.1, 0.15) is 67.4 Å². The lowest BCUT2D eigenvalue weighted by Gasteiger charge is -2.11. The van der Waals surface area contributed by atoms with Crippen molar-refractivity contribution in [3.8, 4) is 0 Å². The maximum Gasteiger partial charge on any atom is 0.114 e. The number of hydrogen-bond acceptors (Lipinski definition) is 3. The van der Waals surface area contributed by atoms with Gasteiger partial charge in [0, 0.05) is 5.38 Å². The maximum absolute atomic E-state index is 6.30. The fourth-order valence-corrected chi connectivity index (χ4v) is 2.95. The molecule has 2 rings (SSSR count). The third-order valence-electron chi connectivity index (χ3n) is 3.36. The Balaban J connectivity index is 2.20. The van der Waals surface area contributed by atoms with Crippen LogP contribution in [0, 0.1) is 0 Å². The standard InChI is InChI=1S/C16H22N2S/c1-10(2)12-5-7-13(8-6-12)15(17)16-18-14(9-19-16)11(3)4/h5-11,15H,17H2,1-4H3. The van der Waals surface area contributed by atoms with Crippen LogP contribution in [0.15, 0.2) is 29.6 Å². The Morgan fingerprint density at radius 3 is 2.00 bits per heavy atom. The Labute approximate surface area is 119 Å². The molecule has 1 atom stereocenters. The first-order valence-electron chi connectivity index (χ1n) is 6.79. The smallest absolute Gasteiger partial charge is 0.114 e. The van der Waals surface area contributed by atoms with Crippen LogP contribution in [0.25, 0.3) is 0 Å². The summed E-state index contributed by atoms with van der Waals surface area (Å²) in [5.41, 5.74) is 9.92. The van der Waals surface area contributed by atoms with Gasteiger partial charge in [-0.05, 0) is 23.0 Å². The third-order valence-corrected chi connectivity index (χ3v) is 4.31. The van der Waals surface area contributed by atoms with Gasteiger partial charge in [0.25, 0.3) is 0 Å². The van der Waals surface area contributed by atoms with Gasteiger partial charge >= 0.3 is 0 Å². The minimum absolute atomic E-state index is 0.112. The molecule has 0 saturated carbocycles. The molecule has 1 aromatic heterocycles. The molecule has 0 aliphatic rings. The van der Waals surface area contributed by atoms with Gasteiger partial charge < -0.3 is 5.73 Å². The molecule has 0 bridgehead atoms. The predicted molar refractivity (Wildman–Crippen MR) is 82.8 cm³/mol. The first-order valence-corrected chi connectivity index (χ1v) is 7.67. The van der Waals surface area contributed by atoms with Gasteiger partial charge in [-0.25, -0.2) is 4.98 Å². The van der Waals surface area contributed by atoms with Gasteiger partial charge in [0.2, 0.25) is 0 Å². The van der Waals surface area contributed by atoms with Gasteiger partial charge in [-0.1, -0.05) is 52.0 Å². The first-order chi connectivity index (χ1) is 8.99. The molecule has 2 nitrogen and oxygen atoms in total. The number of aromatic nitrogens is 1. The molecule has 1 heterocycles. The molecule has 2 N–H and O–H groups in total. The molecular weight excluding hydrogens is 252 g/mol. The van der Waals surface area contributed by atoms with Gasteiger partial charge in [0.15, 0.2) is 0 Å². The van der Waals surface area contributed by atoms with Crippen molar-refractivity contribution in [1.82, 2.24) is 4.98 Å². The highest BCUT2D eigenvalue weighted by atomic mass is 32.1. The second-order valence-corrected chi connectivity index (χ2v) is 6.45. The SMILES string of the molecule is CC(C)c1ccc(C(N)c2nc(C(C)C)cs2)cc1. The van der Waals surface area contributed by atoms with Crippen molar-refractivity contribution < 1.29 is 0 Å². The van der Waals surface area contributed by atoms with E-state index in [4.69, 9.17) is 5.73 Å². The minimum atomic E-state index is -0.112. The van der Waals surface area contributed by atoms with Crippen molar-refractivity contribution in [2.45, 2.75) is 45.6 Å². The number of nitrogens with zero attached hydrogens (tertiary/aromatic N) is 1. The summed E-state index contributed by atoms with van der Waals surface area (Å²) in [6, 6.07) is 8.46. The summed E-state index contributed by atoms with van der Waals surface area (Å²) in [6.07, 6.45) is 0. The average molecular weight is 274 g/mol. The van der Waals surface area contributed by atoms with E-state index in [0.29, 0.717) is 11.8 Å². The lowest BCUT2D eigenvalue weighted by Crippen LogP contribution is -2.11. The van der Waals surface area contributed by atoms with Gasteiger partial charge in [-0.15, -0.1) is 11.3 Å². The van der Waals surface area contributed by atoms with E-state index in [-0.39, 0.29) is 6.04 Å². The molecule has 19 heavy (non-hydrogen) atoms. The second kappa shape index (κ2) is 5.85. The molecule has 2 aromatic rings. The fraction of sp³-hybridized carbons (Fsp3) is 0.438. The molecule has 1 unspecified atom stereocenters. The van der Waals surface area contributed by atoms with E-state index in [0.717, 1.165) is 16.3 Å². The van der Waals surface area contributed by atoms with Crippen LogP contribution in [0.2, 0.25) is 0 Å². The lowest BCUT2D eigenvalue weighted by molar-refractivity contribution is 0.793. The molecule has 0 saturated heterocycles. The zero-order valence-corrected chi connectivity index (χ0v) is 12.9. The van der Waals surface area contributed by atoms with Crippen LogP contribution in [0.4, 0.5) is 0 Å². The molecule has 3 heteroatoms.